The minimum atomic E-state index is 0.0474. The average molecular weight is 295 g/mol. The second kappa shape index (κ2) is 6.65. The molecule has 1 amide bonds. The highest BCUT2D eigenvalue weighted by molar-refractivity contribution is 5.79. The highest BCUT2D eigenvalue weighted by Gasteiger charge is 2.21. The molecule has 0 saturated heterocycles. The largest absolute Gasteiger partial charge is 0.496 e. The van der Waals surface area contributed by atoms with Crippen LogP contribution < -0.4 is 10.1 Å². The molecule has 2 aromatic carbocycles. The summed E-state index contributed by atoms with van der Waals surface area (Å²) < 4.78 is 5.31. The summed E-state index contributed by atoms with van der Waals surface area (Å²) in [4.78, 5) is 12.4. The summed E-state index contributed by atoms with van der Waals surface area (Å²) in [5, 5.41) is 3.18. The van der Waals surface area contributed by atoms with Crippen molar-refractivity contribution in [2.75, 3.05) is 7.11 Å². The van der Waals surface area contributed by atoms with Crippen LogP contribution in [0.15, 0.2) is 48.5 Å². The zero-order valence-corrected chi connectivity index (χ0v) is 12.8. The van der Waals surface area contributed by atoms with Crippen molar-refractivity contribution in [2.45, 2.75) is 31.7 Å². The smallest absolute Gasteiger partial charge is 0.225 e. The molecule has 0 saturated carbocycles. The molecule has 0 aliphatic heterocycles. The number of nitrogens with one attached hydrogen (secondary N) is 1. The van der Waals surface area contributed by atoms with Crippen molar-refractivity contribution in [1.82, 2.24) is 5.32 Å². The second-order valence-corrected chi connectivity index (χ2v) is 5.70. The normalized spacial score (nSPS) is 16.7. The maximum atomic E-state index is 12.4. The van der Waals surface area contributed by atoms with Crippen LogP contribution in [0, 0.1) is 0 Å². The molecule has 0 aromatic heterocycles. The van der Waals surface area contributed by atoms with Gasteiger partial charge in [-0.1, -0.05) is 42.5 Å². The quantitative estimate of drug-likeness (QED) is 0.938. The third-order valence-electron chi connectivity index (χ3n) is 4.25. The Morgan fingerprint density at radius 3 is 2.82 bits per heavy atom. The number of rotatable bonds is 4. The number of carbonyl (C=O) groups excluding carboxylic acids is 1. The van der Waals surface area contributed by atoms with Gasteiger partial charge in [0.2, 0.25) is 5.91 Å². The van der Waals surface area contributed by atoms with Crippen LogP contribution in [0.25, 0.3) is 0 Å². The molecule has 2 aromatic rings. The highest BCUT2D eigenvalue weighted by Crippen LogP contribution is 2.29. The number of hydrogen-bond donors (Lipinski definition) is 1. The summed E-state index contributed by atoms with van der Waals surface area (Å²) in [6.45, 7) is 0. The molecule has 1 aliphatic carbocycles. The maximum Gasteiger partial charge on any atom is 0.225 e. The molecule has 3 nitrogen and oxygen atoms in total. The number of carbonyl (C=O) groups is 1. The number of aryl methyl sites for hydroxylation is 1. The van der Waals surface area contributed by atoms with Gasteiger partial charge in [-0.25, -0.2) is 0 Å². The van der Waals surface area contributed by atoms with Crippen LogP contribution in [0.3, 0.4) is 0 Å². The summed E-state index contributed by atoms with van der Waals surface area (Å²) in [6.07, 6.45) is 3.59. The van der Waals surface area contributed by atoms with Crippen molar-refractivity contribution in [2.24, 2.45) is 0 Å². The molecule has 0 spiro atoms. The van der Waals surface area contributed by atoms with Gasteiger partial charge in [-0.05, 0) is 36.5 Å². The van der Waals surface area contributed by atoms with Gasteiger partial charge < -0.3 is 10.1 Å². The van der Waals surface area contributed by atoms with E-state index in [1.165, 1.54) is 11.1 Å². The molecule has 0 heterocycles. The van der Waals surface area contributed by atoms with Crippen molar-refractivity contribution in [1.29, 1.82) is 0 Å². The molecular weight excluding hydrogens is 274 g/mol. The lowest BCUT2D eigenvalue weighted by Crippen LogP contribution is -2.32. The third kappa shape index (κ3) is 3.14. The molecule has 0 unspecified atom stereocenters. The average Bonchev–Trinajstić information content (AvgIpc) is 2.55. The fraction of sp³-hybridized carbons (Fsp3) is 0.316. The Labute approximate surface area is 131 Å². The summed E-state index contributed by atoms with van der Waals surface area (Å²) in [5.41, 5.74) is 3.55. The lowest BCUT2D eigenvalue weighted by Gasteiger charge is -2.26. The van der Waals surface area contributed by atoms with E-state index in [-0.39, 0.29) is 11.9 Å². The van der Waals surface area contributed by atoms with Crippen molar-refractivity contribution in [3.63, 3.8) is 0 Å². The first-order chi connectivity index (χ1) is 10.8. The van der Waals surface area contributed by atoms with Crippen LogP contribution in [-0.2, 0) is 17.6 Å². The lowest BCUT2D eigenvalue weighted by atomic mass is 9.87. The molecule has 114 valence electrons. The Kier molecular flexibility index (Phi) is 4.42. The maximum absolute atomic E-state index is 12.4. The number of amides is 1. The Morgan fingerprint density at radius 1 is 1.18 bits per heavy atom. The van der Waals surface area contributed by atoms with Crippen molar-refractivity contribution < 1.29 is 9.53 Å². The zero-order valence-electron chi connectivity index (χ0n) is 12.8. The van der Waals surface area contributed by atoms with E-state index in [4.69, 9.17) is 4.74 Å². The van der Waals surface area contributed by atoms with Gasteiger partial charge in [0.25, 0.3) is 0 Å². The molecule has 0 bridgehead atoms. The summed E-state index contributed by atoms with van der Waals surface area (Å²) in [6, 6.07) is 16.2. The van der Waals surface area contributed by atoms with Crippen molar-refractivity contribution >= 4 is 5.91 Å². The molecular formula is C19H21NO2. The molecule has 1 atom stereocenters. The number of ether oxygens (including phenoxy) is 1. The number of benzene rings is 2. The molecule has 1 N–H and O–H groups in total. The number of methoxy groups -OCH3 is 1. The van der Waals surface area contributed by atoms with E-state index < -0.39 is 0 Å². The number of para-hydroxylation sites is 1. The number of hydrogen-bond acceptors (Lipinski definition) is 2. The molecule has 3 heteroatoms. The van der Waals surface area contributed by atoms with Crippen LogP contribution in [-0.4, -0.2) is 13.0 Å². The van der Waals surface area contributed by atoms with E-state index in [1.807, 2.05) is 30.3 Å². The van der Waals surface area contributed by atoms with E-state index >= 15 is 0 Å². The highest BCUT2D eigenvalue weighted by atomic mass is 16.5. The van der Waals surface area contributed by atoms with Crippen LogP contribution in [0.5, 0.6) is 5.75 Å². The van der Waals surface area contributed by atoms with E-state index in [9.17, 15) is 4.79 Å². The van der Waals surface area contributed by atoms with E-state index in [0.29, 0.717) is 6.42 Å². The van der Waals surface area contributed by atoms with Crippen LogP contribution >= 0.6 is 0 Å². The fourth-order valence-corrected chi connectivity index (χ4v) is 3.17. The monoisotopic (exact) mass is 295 g/mol. The minimum Gasteiger partial charge on any atom is -0.496 e. The van der Waals surface area contributed by atoms with Gasteiger partial charge in [-0.3, -0.25) is 4.79 Å². The Hall–Kier alpha value is -2.29. The molecule has 1 aliphatic rings. The number of fused-ring (bicyclic) bond motifs is 1. The zero-order chi connectivity index (χ0) is 15.4. The van der Waals surface area contributed by atoms with E-state index in [2.05, 4.69) is 23.5 Å². The summed E-state index contributed by atoms with van der Waals surface area (Å²) in [5.74, 6) is 0.813. The first-order valence-corrected chi connectivity index (χ1v) is 7.77. The predicted octanol–water partition coefficient (Wildman–Crippen LogP) is 3.43. The topological polar surface area (TPSA) is 38.3 Å². The lowest BCUT2D eigenvalue weighted by molar-refractivity contribution is -0.121. The van der Waals surface area contributed by atoms with Gasteiger partial charge in [0.15, 0.2) is 0 Å². The van der Waals surface area contributed by atoms with E-state index in [1.54, 1.807) is 7.11 Å². The van der Waals surface area contributed by atoms with E-state index in [0.717, 1.165) is 30.6 Å². The van der Waals surface area contributed by atoms with Crippen LogP contribution in [0.1, 0.15) is 35.6 Å². The molecule has 3 rings (SSSR count). The SMILES string of the molecule is COc1ccccc1CC(=O)N[C@@H]1CCCc2ccccc21. The molecule has 0 fully saturated rings. The first-order valence-electron chi connectivity index (χ1n) is 7.77. The van der Waals surface area contributed by atoms with Gasteiger partial charge in [0.1, 0.15) is 5.75 Å². The van der Waals surface area contributed by atoms with Gasteiger partial charge in [-0.2, -0.15) is 0 Å². The Morgan fingerprint density at radius 2 is 1.95 bits per heavy atom. The first kappa shape index (κ1) is 14.6. The Bertz CT molecular complexity index is 666. The second-order valence-electron chi connectivity index (χ2n) is 5.70. The molecule has 0 radical (unpaired) electrons. The van der Waals surface area contributed by atoms with Crippen molar-refractivity contribution in [3.05, 3.63) is 65.2 Å². The van der Waals surface area contributed by atoms with Crippen LogP contribution in [0.4, 0.5) is 0 Å². The Balaban J connectivity index is 1.70. The van der Waals surface area contributed by atoms with Crippen LogP contribution in [0.2, 0.25) is 0 Å². The van der Waals surface area contributed by atoms with Gasteiger partial charge >= 0.3 is 0 Å². The predicted molar refractivity (Wildman–Crippen MR) is 87.0 cm³/mol. The summed E-state index contributed by atoms with van der Waals surface area (Å²) >= 11 is 0. The standard InChI is InChI=1S/C19H21NO2/c1-22-18-12-5-3-8-15(18)13-19(21)20-17-11-6-9-14-7-2-4-10-16(14)17/h2-5,7-8,10,12,17H,6,9,11,13H2,1H3,(H,20,21)/t17-/m1/s1. The van der Waals surface area contributed by atoms with Gasteiger partial charge in [0.05, 0.1) is 19.6 Å². The van der Waals surface area contributed by atoms with Gasteiger partial charge in [-0.15, -0.1) is 0 Å². The van der Waals surface area contributed by atoms with Crippen molar-refractivity contribution in [3.8, 4) is 5.75 Å². The third-order valence-corrected chi connectivity index (χ3v) is 4.25. The summed E-state index contributed by atoms with van der Waals surface area (Å²) in [7, 11) is 1.63. The fourth-order valence-electron chi connectivity index (χ4n) is 3.17. The minimum absolute atomic E-state index is 0.0474. The van der Waals surface area contributed by atoms with Gasteiger partial charge in [0, 0.05) is 5.56 Å². The molecule has 22 heavy (non-hydrogen) atoms.